The number of thioether (sulfide) groups is 1. The van der Waals surface area contributed by atoms with Crippen LogP contribution in [0.1, 0.15) is 36.8 Å². The van der Waals surface area contributed by atoms with Crippen molar-refractivity contribution >= 4 is 35.3 Å². The van der Waals surface area contributed by atoms with Crippen molar-refractivity contribution < 1.29 is 19.1 Å². The van der Waals surface area contributed by atoms with Crippen LogP contribution in [0.4, 0.5) is 0 Å². The Bertz CT molecular complexity index is 813. The van der Waals surface area contributed by atoms with Crippen LogP contribution in [0, 0.1) is 11.3 Å². The summed E-state index contributed by atoms with van der Waals surface area (Å²) in [5.74, 6) is -2.42. The number of carbonyl (C=O) groups excluding carboxylic acids is 2. The molecule has 0 aromatic heterocycles. The maximum atomic E-state index is 12.1. The molecule has 1 aromatic carbocycles. The third-order valence-corrected chi connectivity index (χ3v) is 6.82. The Morgan fingerprint density at radius 1 is 1.15 bits per heavy atom. The lowest BCUT2D eigenvalue weighted by atomic mass is 9.98. The lowest BCUT2D eigenvalue weighted by Gasteiger charge is -2.32. The summed E-state index contributed by atoms with van der Waals surface area (Å²) in [6, 6.07) is 5.84. The molecule has 4 rings (SSSR count). The summed E-state index contributed by atoms with van der Waals surface area (Å²) in [7, 11) is 0. The highest BCUT2D eigenvalue weighted by atomic mass is 35.5. The molecule has 0 atom stereocenters. The van der Waals surface area contributed by atoms with Gasteiger partial charge in [0.15, 0.2) is 0 Å². The second-order valence-electron chi connectivity index (χ2n) is 6.74. The zero-order chi connectivity index (χ0) is 18.4. The molecule has 0 unspecified atom stereocenters. The molecular formula is C18H17ClN2O4S. The fraction of sp³-hybridized carbons (Fsp3) is 0.500. The van der Waals surface area contributed by atoms with Gasteiger partial charge in [0.1, 0.15) is 4.75 Å². The molecule has 26 heavy (non-hydrogen) atoms. The van der Waals surface area contributed by atoms with Gasteiger partial charge in [0.2, 0.25) is 0 Å². The van der Waals surface area contributed by atoms with E-state index < -0.39 is 22.5 Å². The molecule has 1 saturated heterocycles. The largest absolute Gasteiger partial charge is 0.416 e. The van der Waals surface area contributed by atoms with Gasteiger partial charge in [-0.15, -0.1) is 11.8 Å². The number of ether oxygens (including phenoxy) is 2. The van der Waals surface area contributed by atoms with Gasteiger partial charge in [0.05, 0.1) is 30.5 Å². The van der Waals surface area contributed by atoms with Crippen LogP contribution >= 0.6 is 23.4 Å². The number of nitriles is 1. The van der Waals surface area contributed by atoms with E-state index in [0.717, 1.165) is 23.3 Å². The van der Waals surface area contributed by atoms with Crippen LogP contribution < -0.4 is 5.32 Å². The fourth-order valence-corrected chi connectivity index (χ4v) is 4.83. The second kappa shape index (κ2) is 6.45. The summed E-state index contributed by atoms with van der Waals surface area (Å²) in [6.07, 6.45) is 2.28. The Balaban J connectivity index is 1.84. The zero-order valence-corrected chi connectivity index (χ0v) is 15.5. The normalized spacial score (nSPS) is 23.1. The highest BCUT2D eigenvalue weighted by Crippen LogP contribution is 2.54. The monoisotopic (exact) mass is 392 g/mol. The first-order chi connectivity index (χ1) is 12.5. The molecule has 2 aliphatic heterocycles. The Hall–Kier alpha value is -1.75. The first-order valence-corrected chi connectivity index (χ1v) is 9.73. The molecule has 2 heterocycles. The SMILES string of the molecule is N#CC1(Sc2c(Cl)ccc3c2CCNCC32OC(=O)CCC(=O)O2)CC1. The summed E-state index contributed by atoms with van der Waals surface area (Å²) >= 11 is 7.92. The van der Waals surface area contributed by atoms with E-state index in [1.807, 2.05) is 0 Å². The molecule has 1 saturated carbocycles. The van der Waals surface area contributed by atoms with Gasteiger partial charge in [-0.3, -0.25) is 9.59 Å². The lowest BCUT2D eigenvalue weighted by Crippen LogP contribution is -2.43. The predicted molar refractivity (Wildman–Crippen MR) is 94.6 cm³/mol. The van der Waals surface area contributed by atoms with Gasteiger partial charge >= 0.3 is 11.9 Å². The minimum Gasteiger partial charge on any atom is -0.416 e. The third kappa shape index (κ3) is 3.07. The van der Waals surface area contributed by atoms with Gasteiger partial charge in [-0.1, -0.05) is 11.6 Å². The molecule has 1 spiro atoms. The van der Waals surface area contributed by atoms with Crippen molar-refractivity contribution in [2.45, 2.75) is 47.5 Å². The third-order valence-electron chi connectivity index (χ3n) is 4.83. The van der Waals surface area contributed by atoms with Crippen LogP contribution in [0.15, 0.2) is 17.0 Å². The molecule has 8 heteroatoms. The van der Waals surface area contributed by atoms with E-state index in [0.29, 0.717) is 23.6 Å². The average molecular weight is 393 g/mol. The Morgan fingerprint density at radius 2 is 1.85 bits per heavy atom. The molecule has 3 aliphatic rings. The van der Waals surface area contributed by atoms with Gasteiger partial charge < -0.3 is 14.8 Å². The second-order valence-corrected chi connectivity index (χ2v) is 8.54. The topological polar surface area (TPSA) is 88.4 Å². The van der Waals surface area contributed by atoms with Crippen molar-refractivity contribution in [1.29, 1.82) is 5.26 Å². The summed E-state index contributed by atoms with van der Waals surface area (Å²) in [4.78, 5) is 25.0. The van der Waals surface area contributed by atoms with Crippen molar-refractivity contribution in [2.24, 2.45) is 0 Å². The number of benzene rings is 1. The zero-order valence-electron chi connectivity index (χ0n) is 14.0. The molecule has 1 aliphatic carbocycles. The van der Waals surface area contributed by atoms with Crippen LogP contribution in [-0.4, -0.2) is 29.8 Å². The van der Waals surface area contributed by atoms with Crippen molar-refractivity contribution in [2.75, 3.05) is 13.1 Å². The summed E-state index contributed by atoms with van der Waals surface area (Å²) in [6.45, 7) is 0.809. The van der Waals surface area contributed by atoms with Gasteiger partial charge in [-0.2, -0.15) is 5.26 Å². The number of hydrogen-bond donors (Lipinski definition) is 1. The number of rotatable bonds is 2. The van der Waals surface area contributed by atoms with Crippen LogP contribution in [0.2, 0.25) is 5.02 Å². The molecule has 1 N–H and O–H groups in total. The van der Waals surface area contributed by atoms with E-state index in [4.69, 9.17) is 21.1 Å². The van der Waals surface area contributed by atoms with Crippen molar-refractivity contribution in [1.82, 2.24) is 5.32 Å². The first-order valence-electron chi connectivity index (χ1n) is 8.53. The Labute approximate surface area is 160 Å². The molecule has 0 radical (unpaired) electrons. The number of hydrogen-bond acceptors (Lipinski definition) is 7. The highest BCUT2D eigenvalue weighted by Gasteiger charge is 2.48. The Kier molecular flexibility index (Phi) is 4.38. The van der Waals surface area contributed by atoms with E-state index in [-0.39, 0.29) is 19.4 Å². The van der Waals surface area contributed by atoms with Crippen molar-refractivity contribution in [3.8, 4) is 6.07 Å². The maximum Gasteiger partial charge on any atom is 0.309 e. The summed E-state index contributed by atoms with van der Waals surface area (Å²) in [5.41, 5.74) is 1.50. The van der Waals surface area contributed by atoms with Crippen LogP contribution in [0.3, 0.4) is 0 Å². The molecule has 0 bridgehead atoms. The van der Waals surface area contributed by atoms with Gasteiger partial charge in [-0.05, 0) is 43.5 Å². The molecule has 0 amide bonds. The van der Waals surface area contributed by atoms with Gasteiger partial charge in [0, 0.05) is 10.5 Å². The average Bonchev–Trinajstić information content (AvgIpc) is 3.41. The van der Waals surface area contributed by atoms with Crippen molar-refractivity contribution in [3.63, 3.8) is 0 Å². The van der Waals surface area contributed by atoms with Crippen molar-refractivity contribution in [3.05, 3.63) is 28.3 Å². The summed E-state index contributed by atoms with van der Waals surface area (Å²) < 4.78 is 10.8. The quantitative estimate of drug-likeness (QED) is 0.774. The molecular weight excluding hydrogens is 376 g/mol. The van der Waals surface area contributed by atoms with Gasteiger partial charge in [-0.25, -0.2) is 0 Å². The number of halogens is 1. The van der Waals surface area contributed by atoms with Crippen LogP contribution in [0.5, 0.6) is 0 Å². The number of carbonyl (C=O) groups is 2. The number of esters is 2. The standard InChI is InChI=1S/C18H17ClN2O4S/c19-13-2-1-12-11(16(13)26-17(9-20)6-7-17)5-8-21-10-18(12)24-14(22)3-4-15(23)25-18/h1-2,21H,3-8,10H2. The Morgan fingerprint density at radius 3 is 2.46 bits per heavy atom. The minimum atomic E-state index is -1.49. The highest BCUT2D eigenvalue weighted by molar-refractivity contribution is 8.01. The van der Waals surface area contributed by atoms with Gasteiger partial charge in [0.25, 0.3) is 5.79 Å². The summed E-state index contributed by atoms with van der Waals surface area (Å²) in [5, 5.41) is 13.2. The smallest absolute Gasteiger partial charge is 0.309 e. The number of nitrogens with one attached hydrogen (secondary N) is 1. The number of nitrogens with zero attached hydrogens (tertiary/aromatic N) is 1. The predicted octanol–water partition coefficient (Wildman–Crippen LogP) is 2.67. The van der Waals surface area contributed by atoms with Crippen LogP contribution in [0.25, 0.3) is 0 Å². The van der Waals surface area contributed by atoms with E-state index in [1.54, 1.807) is 12.1 Å². The molecule has 136 valence electrons. The minimum absolute atomic E-state index is 0.00264. The fourth-order valence-electron chi connectivity index (χ4n) is 3.30. The lowest BCUT2D eigenvalue weighted by molar-refractivity contribution is -0.225. The van der Waals surface area contributed by atoms with E-state index in [2.05, 4.69) is 11.4 Å². The van der Waals surface area contributed by atoms with E-state index in [1.165, 1.54) is 11.8 Å². The molecule has 6 nitrogen and oxygen atoms in total. The molecule has 1 aromatic rings. The first kappa shape index (κ1) is 17.7. The van der Waals surface area contributed by atoms with E-state index >= 15 is 0 Å². The van der Waals surface area contributed by atoms with Crippen LogP contribution in [-0.2, 0) is 31.3 Å². The molecule has 2 fully saturated rings. The number of fused-ring (bicyclic) bond motifs is 2. The van der Waals surface area contributed by atoms with E-state index in [9.17, 15) is 14.9 Å². The maximum absolute atomic E-state index is 12.1.